The molecule has 0 amide bonds. The molecule has 1 aromatic heterocycles. The minimum atomic E-state index is -4.26. The lowest BCUT2D eigenvalue weighted by Gasteiger charge is -2.14. The van der Waals surface area contributed by atoms with Crippen molar-refractivity contribution in [3.63, 3.8) is 0 Å². The van der Waals surface area contributed by atoms with Gasteiger partial charge in [0, 0.05) is 0 Å². The maximum absolute atomic E-state index is 12.2. The Morgan fingerprint density at radius 3 is 2.58 bits per heavy atom. The first-order chi connectivity index (χ1) is 8.97. The van der Waals surface area contributed by atoms with Crippen molar-refractivity contribution in [3.05, 3.63) is 36.2 Å². The summed E-state index contributed by atoms with van der Waals surface area (Å²) in [6.45, 7) is 0.493. The van der Waals surface area contributed by atoms with Gasteiger partial charge in [0.25, 0.3) is 0 Å². The number of tetrazole rings is 1. The molecule has 19 heavy (non-hydrogen) atoms. The normalized spacial score (nSPS) is 13.5. The fraction of sp³-hybridized carbons (Fsp3) is 0.364. The van der Waals surface area contributed by atoms with Gasteiger partial charge in [-0.3, -0.25) is 5.32 Å². The van der Waals surface area contributed by atoms with E-state index in [-0.39, 0.29) is 0 Å². The van der Waals surface area contributed by atoms with E-state index < -0.39 is 18.8 Å². The highest BCUT2D eigenvalue weighted by molar-refractivity contribution is 5.30. The lowest BCUT2D eigenvalue weighted by Crippen LogP contribution is -2.32. The monoisotopic (exact) mass is 271 g/mol. The van der Waals surface area contributed by atoms with Crippen molar-refractivity contribution in [1.82, 2.24) is 25.5 Å². The predicted octanol–water partition coefficient (Wildman–Crippen LogP) is 1.88. The predicted molar refractivity (Wildman–Crippen MR) is 61.6 cm³/mol. The second-order valence-corrected chi connectivity index (χ2v) is 4.00. The van der Waals surface area contributed by atoms with Crippen LogP contribution < -0.4 is 5.32 Å². The van der Waals surface area contributed by atoms with Crippen LogP contribution in [0.2, 0.25) is 0 Å². The second-order valence-electron chi connectivity index (χ2n) is 4.00. The number of aromatic nitrogens is 4. The van der Waals surface area contributed by atoms with Crippen molar-refractivity contribution in [2.45, 2.75) is 19.1 Å². The Kier molecular flexibility index (Phi) is 3.79. The molecule has 1 heterocycles. The first kappa shape index (κ1) is 13.5. The highest BCUT2D eigenvalue weighted by Crippen LogP contribution is 2.17. The van der Waals surface area contributed by atoms with E-state index in [1.165, 1.54) is 4.68 Å². The molecule has 0 aliphatic heterocycles. The smallest absolute Gasteiger partial charge is 0.299 e. The van der Waals surface area contributed by atoms with Crippen LogP contribution in [0.3, 0.4) is 0 Å². The second kappa shape index (κ2) is 5.35. The number of benzene rings is 1. The highest BCUT2D eigenvalue weighted by atomic mass is 19.4. The number of hydrogen-bond acceptors (Lipinski definition) is 4. The van der Waals surface area contributed by atoms with Gasteiger partial charge in [-0.2, -0.15) is 17.9 Å². The molecule has 0 unspecified atom stereocenters. The van der Waals surface area contributed by atoms with Gasteiger partial charge in [0.1, 0.15) is 0 Å². The number of hydrogen-bond donors (Lipinski definition) is 1. The zero-order chi connectivity index (χ0) is 13.9. The van der Waals surface area contributed by atoms with Crippen LogP contribution in [0.5, 0.6) is 0 Å². The van der Waals surface area contributed by atoms with E-state index in [2.05, 4.69) is 20.8 Å². The Bertz CT molecular complexity index is 523. The van der Waals surface area contributed by atoms with Gasteiger partial charge >= 0.3 is 6.18 Å². The molecule has 0 aliphatic carbocycles. The SMILES string of the molecule is C[C@@H](NCC(F)(F)F)c1nnnn1-c1ccccc1. The largest absolute Gasteiger partial charge is 0.401 e. The van der Waals surface area contributed by atoms with E-state index in [1.54, 1.807) is 31.2 Å². The van der Waals surface area contributed by atoms with Crippen LogP contribution in [0.4, 0.5) is 13.2 Å². The van der Waals surface area contributed by atoms with Gasteiger partial charge < -0.3 is 0 Å². The molecule has 0 saturated heterocycles. The topological polar surface area (TPSA) is 55.6 Å². The number of rotatable bonds is 4. The van der Waals surface area contributed by atoms with Crippen molar-refractivity contribution >= 4 is 0 Å². The summed E-state index contributed by atoms with van der Waals surface area (Å²) < 4.78 is 37.9. The molecule has 1 N–H and O–H groups in total. The Hall–Kier alpha value is -1.96. The summed E-state index contributed by atoms with van der Waals surface area (Å²) in [6, 6.07) is 8.37. The van der Waals surface area contributed by atoms with E-state index >= 15 is 0 Å². The fourth-order valence-electron chi connectivity index (χ4n) is 1.58. The van der Waals surface area contributed by atoms with Crippen molar-refractivity contribution in [1.29, 1.82) is 0 Å². The molecule has 0 saturated carbocycles. The Balaban J connectivity index is 2.16. The molecular formula is C11H12F3N5. The lowest BCUT2D eigenvalue weighted by molar-refractivity contribution is -0.126. The van der Waals surface area contributed by atoms with Gasteiger partial charge in [-0.05, 0) is 29.5 Å². The van der Waals surface area contributed by atoms with Crippen LogP contribution in [0.1, 0.15) is 18.8 Å². The number of nitrogens with one attached hydrogen (secondary N) is 1. The molecule has 0 bridgehead atoms. The molecule has 2 aromatic rings. The number of alkyl halides is 3. The maximum Gasteiger partial charge on any atom is 0.401 e. The third kappa shape index (κ3) is 3.50. The van der Waals surface area contributed by atoms with Crippen molar-refractivity contribution < 1.29 is 13.2 Å². The molecule has 8 heteroatoms. The number of halogens is 3. The van der Waals surface area contributed by atoms with E-state index in [9.17, 15) is 13.2 Å². The third-order valence-electron chi connectivity index (χ3n) is 2.49. The molecule has 0 radical (unpaired) electrons. The zero-order valence-electron chi connectivity index (χ0n) is 10.1. The molecule has 2 rings (SSSR count). The standard InChI is InChI=1S/C11H12F3N5/c1-8(15-7-11(12,13)14)10-16-17-18-19(10)9-5-3-2-4-6-9/h2-6,8,15H,7H2,1H3/t8-/m1/s1. The van der Waals surface area contributed by atoms with Gasteiger partial charge in [-0.15, -0.1) is 5.10 Å². The summed E-state index contributed by atoms with van der Waals surface area (Å²) in [5.74, 6) is 0.329. The average Bonchev–Trinajstić information content (AvgIpc) is 2.85. The quantitative estimate of drug-likeness (QED) is 0.922. The van der Waals surface area contributed by atoms with E-state index in [0.717, 1.165) is 0 Å². The van der Waals surface area contributed by atoms with E-state index in [1.807, 2.05) is 6.07 Å². The molecule has 1 atom stereocenters. The maximum atomic E-state index is 12.2. The minimum absolute atomic E-state index is 0.329. The van der Waals surface area contributed by atoms with Gasteiger partial charge in [-0.25, -0.2) is 0 Å². The Morgan fingerprint density at radius 1 is 1.26 bits per heavy atom. The first-order valence-corrected chi connectivity index (χ1v) is 5.61. The van der Waals surface area contributed by atoms with Gasteiger partial charge in [0.05, 0.1) is 18.3 Å². The summed E-state index contributed by atoms with van der Waals surface area (Å²) in [6.07, 6.45) is -4.26. The van der Waals surface area contributed by atoms with Crippen LogP contribution in [0.25, 0.3) is 5.69 Å². The number of nitrogens with zero attached hydrogens (tertiary/aromatic N) is 4. The molecule has 5 nitrogen and oxygen atoms in total. The highest BCUT2D eigenvalue weighted by Gasteiger charge is 2.28. The summed E-state index contributed by atoms with van der Waals surface area (Å²) in [7, 11) is 0. The van der Waals surface area contributed by atoms with Gasteiger partial charge in [0.2, 0.25) is 0 Å². The van der Waals surface area contributed by atoms with Crippen molar-refractivity contribution in [2.75, 3.05) is 6.54 Å². The van der Waals surface area contributed by atoms with Crippen LogP contribution in [-0.2, 0) is 0 Å². The average molecular weight is 271 g/mol. The van der Waals surface area contributed by atoms with Crippen molar-refractivity contribution in [3.8, 4) is 5.69 Å². The Labute approximate surface area is 107 Å². The summed E-state index contributed by atoms with van der Waals surface area (Å²) in [4.78, 5) is 0. The molecular weight excluding hydrogens is 259 g/mol. The summed E-state index contributed by atoms with van der Waals surface area (Å²) >= 11 is 0. The summed E-state index contributed by atoms with van der Waals surface area (Å²) in [5, 5.41) is 13.4. The molecule has 0 aliphatic rings. The number of para-hydroxylation sites is 1. The zero-order valence-corrected chi connectivity index (χ0v) is 10.1. The fourth-order valence-corrected chi connectivity index (χ4v) is 1.58. The lowest BCUT2D eigenvalue weighted by atomic mass is 10.3. The molecule has 1 aromatic carbocycles. The van der Waals surface area contributed by atoms with Crippen LogP contribution in [-0.4, -0.2) is 32.9 Å². The van der Waals surface area contributed by atoms with Gasteiger partial charge in [-0.1, -0.05) is 18.2 Å². The van der Waals surface area contributed by atoms with Crippen LogP contribution >= 0.6 is 0 Å². The van der Waals surface area contributed by atoms with Gasteiger partial charge in [0.15, 0.2) is 5.82 Å². The Morgan fingerprint density at radius 2 is 1.95 bits per heavy atom. The third-order valence-corrected chi connectivity index (χ3v) is 2.49. The molecule has 102 valence electrons. The first-order valence-electron chi connectivity index (χ1n) is 5.61. The summed E-state index contributed by atoms with van der Waals surface area (Å²) in [5.41, 5.74) is 0.697. The minimum Gasteiger partial charge on any atom is -0.299 e. The molecule has 0 spiro atoms. The van der Waals surface area contributed by atoms with Crippen molar-refractivity contribution in [2.24, 2.45) is 0 Å². The molecule has 0 fully saturated rings. The van der Waals surface area contributed by atoms with Crippen LogP contribution in [0.15, 0.2) is 30.3 Å². The van der Waals surface area contributed by atoms with Crippen LogP contribution in [0, 0.1) is 0 Å². The van der Waals surface area contributed by atoms with E-state index in [0.29, 0.717) is 11.5 Å². The van der Waals surface area contributed by atoms with E-state index in [4.69, 9.17) is 0 Å².